The summed E-state index contributed by atoms with van der Waals surface area (Å²) in [5, 5.41) is 34.0. The Labute approximate surface area is 170 Å². The van der Waals surface area contributed by atoms with Gasteiger partial charge in [-0.25, -0.2) is 0 Å². The van der Waals surface area contributed by atoms with E-state index in [0.29, 0.717) is 25.9 Å². The summed E-state index contributed by atoms with van der Waals surface area (Å²) in [5.41, 5.74) is -2.47. The molecule has 5 aliphatic rings. The number of Topliss-reactive ketones (excluding diaryl/α,β-unsaturated/α-hetero) is 1. The monoisotopic (exact) mass is 408 g/mol. The van der Waals surface area contributed by atoms with E-state index in [1.165, 1.54) is 6.92 Å². The zero-order valence-electron chi connectivity index (χ0n) is 17.3. The standard InChI is InChI=1S/C22H32O7/c1-10-12-7-13(29-11(2)23)16-21-6-4-5-20(3,9-28-19(21)27)14(21)8-15(24)22(16,17(10)25)18(12)26/h10,12-16,18-19,24,26-27H,4-9H2,1-3H3/t10-,12+,13+,14-,15-,16+,18-,19-,20+,21+,22-/m1/s1. The van der Waals surface area contributed by atoms with Gasteiger partial charge in [0.05, 0.1) is 24.2 Å². The maximum Gasteiger partial charge on any atom is 0.302 e. The van der Waals surface area contributed by atoms with Gasteiger partial charge in [0.1, 0.15) is 11.9 Å². The van der Waals surface area contributed by atoms with Crippen LogP contribution in [0.3, 0.4) is 0 Å². The molecule has 0 unspecified atom stereocenters. The fourth-order valence-corrected chi connectivity index (χ4v) is 8.57. The molecular weight excluding hydrogens is 376 g/mol. The van der Waals surface area contributed by atoms with Crippen LogP contribution in [0.2, 0.25) is 0 Å². The topological polar surface area (TPSA) is 113 Å². The van der Waals surface area contributed by atoms with Crippen molar-refractivity contribution in [3.05, 3.63) is 0 Å². The first-order valence-electron chi connectivity index (χ1n) is 11.0. The summed E-state index contributed by atoms with van der Waals surface area (Å²) < 4.78 is 11.7. The summed E-state index contributed by atoms with van der Waals surface area (Å²) in [7, 11) is 0. The van der Waals surface area contributed by atoms with Gasteiger partial charge in [-0.15, -0.1) is 0 Å². The van der Waals surface area contributed by atoms with Crippen molar-refractivity contribution in [3.63, 3.8) is 0 Å². The number of hydrogen-bond acceptors (Lipinski definition) is 7. The minimum Gasteiger partial charge on any atom is -0.462 e. The van der Waals surface area contributed by atoms with E-state index in [1.807, 2.05) is 0 Å². The summed E-state index contributed by atoms with van der Waals surface area (Å²) in [5.74, 6) is -2.11. The van der Waals surface area contributed by atoms with Crippen molar-refractivity contribution in [1.29, 1.82) is 0 Å². The Balaban J connectivity index is 1.75. The number of esters is 1. The molecule has 0 radical (unpaired) electrons. The van der Waals surface area contributed by atoms with Crippen LogP contribution in [-0.4, -0.2) is 58.3 Å². The molecule has 7 heteroatoms. The van der Waals surface area contributed by atoms with Crippen molar-refractivity contribution in [2.75, 3.05) is 6.61 Å². The summed E-state index contributed by atoms with van der Waals surface area (Å²) in [4.78, 5) is 25.6. The Bertz CT molecular complexity index is 753. The van der Waals surface area contributed by atoms with Crippen LogP contribution >= 0.6 is 0 Å². The minimum atomic E-state index is -1.42. The summed E-state index contributed by atoms with van der Waals surface area (Å²) in [6.07, 6.45) is -0.640. The Kier molecular flexibility index (Phi) is 4.14. The van der Waals surface area contributed by atoms with Crippen molar-refractivity contribution < 1.29 is 34.4 Å². The van der Waals surface area contributed by atoms with E-state index in [2.05, 4.69) is 6.92 Å². The molecule has 162 valence electrons. The molecule has 0 aromatic rings. The van der Waals surface area contributed by atoms with Gasteiger partial charge in [-0.05, 0) is 42.9 Å². The normalized spacial score (nSPS) is 58.3. The Morgan fingerprint density at radius 1 is 1.21 bits per heavy atom. The van der Waals surface area contributed by atoms with Crippen molar-refractivity contribution in [3.8, 4) is 0 Å². The number of carbonyl (C=O) groups is 2. The molecule has 0 aromatic carbocycles. The van der Waals surface area contributed by atoms with Gasteiger partial charge in [0.2, 0.25) is 0 Å². The zero-order valence-corrected chi connectivity index (χ0v) is 17.3. The van der Waals surface area contributed by atoms with Gasteiger partial charge in [-0.1, -0.05) is 20.3 Å². The van der Waals surface area contributed by atoms with E-state index in [9.17, 15) is 24.9 Å². The maximum atomic E-state index is 13.6. The molecule has 7 nitrogen and oxygen atoms in total. The van der Waals surface area contributed by atoms with Crippen molar-refractivity contribution in [1.82, 2.24) is 0 Å². The average molecular weight is 408 g/mol. The Morgan fingerprint density at radius 3 is 2.62 bits per heavy atom. The molecule has 1 aliphatic heterocycles. The number of hydrogen-bond donors (Lipinski definition) is 3. The Morgan fingerprint density at radius 2 is 1.93 bits per heavy atom. The fraction of sp³-hybridized carbons (Fsp3) is 0.909. The van der Waals surface area contributed by atoms with Gasteiger partial charge in [-0.3, -0.25) is 9.59 Å². The molecule has 3 N–H and O–H groups in total. The summed E-state index contributed by atoms with van der Waals surface area (Å²) in [6.45, 7) is 5.68. The van der Waals surface area contributed by atoms with Gasteiger partial charge < -0.3 is 24.8 Å². The van der Waals surface area contributed by atoms with Crippen molar-refractivity contribution in [2.45, 2.75) is 77.5 Å². The molecule has 0 amide bonds. The van der Waals surface area contributed by atoms with Crippen LogP contribution in [0.4, 0.5) is 0 Å². The largest absolute Gasteiger partial charge is 0.462 e. The lowest BCUT2D eigenvalue weighted by Crippen LogP contribution is -2.75. The van der Waals surface area contributed by atoms with Gasteiger partial charge >= 0.3 is 5.97 Å². The van der Waals surface area contributed by atoms with Crippen molar-refractivity contribution in [2.24, 2.45) is 39.9 Å². The van der Waals surface area contributed by atoms with E-state index in [-0.39, 0.29) is 23.0 Å². The van der Waals surface area contributed by atoms with E-state index in [0.717, 1.165) is 12.8 Å². The number of ether oxygens (including phenoxy) is 2. The molecule has 4 saturated carbocycles. The average Bonchev–Trinajstić information content (AvgIpc) is 2.76. The van der Waals surface area contributed by atoms with Crippen LogP contribution in [0.5, 0.6) is 0 Å². The molecule has 11 atom stereocenters. The molecule has 1 spiro atoms. The highest BCUT2D eigenvalue weighted by Crippen LogP contribution is 2.73. The molecule has 5 rings (SSSR count). The lowest BCUT2D eigenvalue weighted by molar-refractivity contribution is -0.357. The second-order valence-corrected chi connectivity index (χ2v) is 10.6. The van der Waals surface area contributed by atoms with Crippen LogP contribution in [0, 0.1) is 39.9 Å². The predicted octanol–water partition coefficient (Wildman–Crippen LogP) is 1.03. The molecule has 29 heavy (non-hydrogen) atoms. The highest BCUT2D eigenvalue weighted by molar-refractivity contribution is 5.92. The molecule has 1 saturated heterocycles. The van der Waals surface area contributed by atoms with Crippen LogP contribution < -0.4 is 0 Å². The SMILES string of the molecule is CC(=O)O[C@H]1C[C@@H]2[C@@H](O)[C@]3(C(=O)[C@@H]2C)[C@H](O)C[C@@H]2[C@@]4(C)CCC[C@@]2([C@H](O)OC4)[C@H]13. The Hall–Kier alpha value is -1.02. The van der Waals surface area contributed by atoms with Gasteiger partial charge in [0, 0.05) is 24.2 Å². The van der Waals surface area contributed by atoms with E-state index < -0.39 is 53.2 Å². The zero-order chi connectivity index (χ0) is 20.9. The lowest BCUT2D eigenvalue weighted by Gasteiger charge is -2.70. The van der Waals surface area contributed by atoms with E-state index in [4.69, 9.17) is 9.47 Å². The highest BCUT2D eigenvalue weighted by Gasteiger charge is 2.80. The first-order valence-corrected chi connectivity index (χ1v) is 11.0. The number of aliphatic hydroxyl groups excluding tert-OH is 3. The second kappa shape index (κ2) is 6.02. The van der Waals surface area contributed by atoms with Crippen LogP contribution in [0.25, 0.3) is 0 Å². The number of aliphatic hydroxyl groups is 3. The van der Waals surface area contributed by atoms with Crippen molar-refractivity contribution >= 4 is 11.8 Å². The third-order valence-electron chi connectivity index (χ3n) is 9.55. The van der Waals surface area contributed by atoms with Crippen LogP contribution in [0.1, 0.15) is 52.9 Å². The third kappa shape index (κ3) is 2.13. The van der Waals surface area contributed by atoms with E-state index in [1.54, 1.807) is 6.92 Å². The summed E-state index contributed by atoms with van der Waals surface area (Å²) >= 11 is 0. The third-order valence-corrected chi connectivity index (χ3v) is 9.55. The molecular formula is C22H32O7. The second-order valence-electron chi connectivity index (χ2n) is 10.6. The van der Waals surface area contributed by atoms with Gasteiger partial charge in [-0.2, -0.15) is 0 Å². The molecule has 0 aromatic heterocycles. The predicted molar refractivity (Wildman–Crippen MR) is 100 cm³/mol. The maximum absolute atomic E-state index is 13.6. The van der Waals surface area contributed by atoms with E-state index >= 15 is 0 Å². The quantitative estimate of drug-likeness (QED) is 0.555. The highest BCUT2D eigenvalue weighted by atomic mass is 16.6. The molecule has 4 aliphatic carbocycles. The first kappa shape index (κ1) is 19.9. The number of fused-ring (bicyclic) bond motifs is 1. The number of rotatable bonds is 1. The molecule has 1 heterocycles. The minimum absolute atomic E-state index is 0.0661. The summed E-state index contributed by atoms with van der Waals surface area (Å²) in [6, 6.07) is 0. The molecule has 4 bridgehead atoms. The fourth-order valence-electron chi connectivity index (χ4n) is 8.57. The lowest BCUT2D eigenvalue weighted by atomic mass is 9.37. The van der Waals surface area contributed by atoms with Gasteiger partial charge in [0.15, 0.2) is 6.29 Å². The smallest absolute Gasteiger partial charge is 0.302 e. The van der Waals surface area contributed by atoms with Crippen LogP contribution in [0.15, 0.2) is 0 Å². The van der Waals surface area contributed by atoms with Gasteiger partial charge in [0.25, 0.3) is 0 Å². The number of ketones is 1. The molecule has 5 fully saturated rings. The van der Waals surface area contributed by atoms with Crippen LogP contribution in [-0.2, 0) is 19.1 Å². The first-order chi connectivity index (χ1) is 13.6. The number of carbonyl (C=O) groups excluding carboxylic acids is 2.